The lowest BCUT2D eigenvalue weighted by Gasteiger charge is -1.98. The third kappa shape index (κ3) is 2.40. The molecule has 2 heterocycles. The maximum atomic E-state index is 4.57. The van der Waals surface area contributed by atoms with E-state index in [0.717, 1.165) is 36.1 Å². The second-order valence-electron chi connectivity index (χ2n) is 4.42. The van der Waals surface area contributed by atoms with E-state index in [1.54, 1.807) is 0 Å². The predicted octanol–water partition coefficient (Wildman–Crippen LogP) is 3.13. The maximum Gasteiger partial charge on any atom is 0.107 e. The Morgan fingerprint density at radius 1 is 1.00 bits per heavy atom. The van der Waals surface area contributed by atoms with Crippen molar-refractivity contribution >= 4 is 11.0 Å². The molecule has 2 aromatic heterocycles. The van der Waals surface area contributed by atoms with Crippen LogP contribution in [-0.2, 0) is 12.8 Å². The number of H-pyrrole nitrogens is 1. The van der Waals surface area contributed by atoms with E-state index in [2.05, 4.69) is 27.1 Å². The van der Waals surface area contributed by atoms with Crippen LogP contribution in [0.2, 0.25) is 0 Å². The topological polar surface area (TPSA) is 41.6 Å². The lowest BCUT2D eigenvalue weighted by Crippen LogP contribution is -1.92. The molecule has 1 N–H and O–H groups in total. The zero-order valence-electron chi connectivity index (χ0n) is 10.1. The fourth-order valence-corrected chi connectivity index (χ4v) is 2.13. The lowest BCUT2D eigenvalue weighted by atomic mass is 10.1. The average Bonchev–Trinajstić information content (AvgIpc) is 2.82. The van der Waals surface area contributed by atoms with Crippen molar-refractivity contribution in [3.63, 3.8) is 0 Å². The summed E-state index contributed by atoms with van der Waals surface area (Å²) in [5.74, 6) is 1.07. The largest absolute Gasteiger partial charge is 0.342 e. The highest BCUT2D eigenvalue weighted by Crippen LogP contribution is 2.12. The number of rotatable bonds is 4. The minimum atomic E-state index is 0.976. The Balaban J connectivity index is 1.63. The van der Waals surface area contributed by atoms with E-state index in [1.165, 1.54) is 5.56 Å². The smallest absolute Gasteiger partial charge is 0.107 e. The number of hydrogen-bond acceptors (Lipinski definition) is 2. The van der Waals surface area contributed by atoms with Gasteiger partial charge in [-0.2, -0.15) is 0 Å². The molecule has 0 fully saturated rings. The van der Waals surface area contributed by atoms with E-state index in [0.29, 0.717) is 0 Å². The molecule has 90 valence electrons. The zero-order valence-corrected chi connectivity index (χ0v) is 10.1. The first-order chi connectivity index (χ1) is 8.92. The highest BCUT2D eigenvalue weighted by Gasteiger charge is 2.01. The van der Waals surface area contributed by atoms with E-state index >= 15 is 0 Å². The molecule has 0 aliphatic heterocycles. The number of nitrogens with zero attached hydrogens (tertiary/aromatic N) is 2. The van der Waals surface area contributed by atoms with Crippen LogP contribution in [0.15, 0.2) is 48.8 Å². The summed E-state index contributed by atoms with van der Waals surface area (Å²) in [4.78, 5) is 12.0. The van der Waals surface area contributed by atoms with Gasteiger partial charge in [0.25, 0.3) is 0 Å². The van der Waals surface area contributed by atoms with Crippen molar-refractivity contribution < 1.29 is 0 Å². The van der Waals surface area contributed by atoms with Gasteiger partial charge in [0.15, 0.2) is 0 Å². The van der Waals surface area contributed by atoms with E-state index in [4.69, 9.17) is 0 Å². The van der Waals surface area contributed by atoms with Gasteiger partial charge in [0.1, 0.15) is 5.82 Å². The number of benzene rings is 1. The minimum Gasteiger partial charge on any atom is -0.342 e. The quantitative estimate of drug-likeness (QED) is 0.757. The molecule has 0 amide bonds. The molecule has 0 bridgehead atoms. The first-order valence-corrected chi connectivity index (χ1v) is 6.24. The van der Waals surface area contributed by atoms with Crippen molar-refractivity contribution in [1.82, 2.24) is 15.0 Å². The van der Waals surface area contributed by atoms with Gasteiger partial charge in [-0.25, -0.2) is 4.98 Å². The number of aromatic amines is 1. The summed E-state index contributed by atoms with van der Waals surface area (Å²) >= 11 is 0. The van der Waals surface area contributed by atoms with Crippen molar-refractivity contribution in [2.45, 2.75) is 19.3 Å². The zero-order chi connectivity index (χ0) is 12.2. The van der Waals surface area contributed by atoms with Crippen molar-refractivity contribution in [2.24, 2.45) is 0 Å². The van der Waals surface area contributed by atoms with E-state index < -0.39 is 0 Å². The van der Waals surface area contributed by atoms with E-state index in [9.17, 15) is 0 Å². The molecule has 0 aliphatic rings. The van der Waals surface area contributed by atoms with Crippen LogP contribution in [0.4, 0.5) is 0 Å². The summed E-state index contributed by atoms with van der Waals surface area (Å²) in [7, 11) is 0. The molecule has 3 aromatic rings. The fraction of sp³-hybridized carbons (Fsp3) is 0.200. The van der Waals surface area contributed by atoms with Gasteiger partial charge < -0.3 is 4.98 Å². The highest BCUT2D eigenvalue weighted by molar-refractivity contribution is 5.74. The summed E-state index contributed by atoms with van der Waals surface area (Å²) in [6, 6.07) is 12.2. The third-order valence-corrected chi connectivity index (χ3v) is 3.04. The summed E-state index contributed by atoms with van der Waals surface area (Å²) in [6.07, 6.45) is 6.85. The number of aromatic nitrogens is 3. The third-order valence-electron chi connectivity index (χ3n) is 3.04. The SMILES string of the molecule is c1cncc(CCCc2nc3ccccc3[nH]2)c1. The average molecular weight is 237 g/mol. The standard InChI is InChI=1S/C15H15N3/c1-2-8-14-13(7-1)17-15(18-14)9-3-5-12-6-4-10-16-11-12/h1-2,4,6-8,10-11H,3,5,9H2,(H,17,18). The highest BCUT2D eigenvalue weighted by atomic mass is 14.9. The van der Waals surface area contributed by atoms with Crippen LogP contribution in [0, 0.1) is 0 Å². The first-order valence-electron chi connectivity index (χ1n) is 6.24. The predicted molar refractivity (Wildman–Crippen MR) is 72.4 cm³/mol. The van der Waals surface area contributed by atoms with Gasteiger partial charge in [0.05, 0.1) is 11.0 Å². The molecule has 0 aliphatic carbocycles. The number of imidazole rings is 1. The van der Waals surface area contributed by atoms with Gasteiger partial charge >= 0.3 is 0 Å². The summed E-state index contributed by atoms with van der Waals surface area (Å²) < 4.78 is 0. The van der Waals surface area contributed by atoms with Gasteiger partial charge in [-0.15, -0.1) is 0 Å². The molecule has 3 rings (SSSR count). The van der Waals surface area contributed by atoms with Crippen LogP contribution in [-0.4, -0.2) is 15.0 Å². The molecular formula is C15H15N3. The summed E-state index contributed by atoms with van der Waals surface area (Å²) in [6.45, 7) is 0. The Kier molecular flexibility index (Phi) is 3.05. The van der Waals surface area contributed by atoms with E-state index in [-0.39, 0.29) is 0 Å². The fourth-order valence-electron chi connectivity index (χ4n) is 2.13. The van der Waals surface area contributed by atoms with Crippen LogP contribution in [0.1, 0.15) is 17.8 Å². The Bertz CT molecular complexity index is 595. The normalized spacial score (nSPS) is 10.9. The van der Waals surface area contributed by atoms with Crippen LogP contribution >= 0.6 is 0 Å². The Morgan fingerprint density at radius 3 is 2.78 bits per heavy atom. The summed E-state index contributed by atoms with van der Waals surface area (Å²) in [5, 5.41) is 0. The van der Waals surface area contributed by atoms with Crippen molar-refractivity contribution in [2.75, 3.05) is 0 Å². The second kappa shape index (κ2) is 5.00. The molecular weight excluding hydrogens is 222 g/mol. The Hall–Kier alpha value is -2.16. The number of pyridine rings is 1. The van der Waals surface area contributed by atoms with Crippen LogP contribution in [0.25, 0.3) is 11.0 Å². The molecule has 0 spiro atoms. The monoisotopic (exact) mass is 237 g/mol. The number of para-hydroxylation sites is 2. The molecule has 1 aromatic carbocycles. The van der Waals surface area contributed by atoms with Crippen molar-refractivity contribution in [1.29, 1.82) is 0 Å². The number of fused-ring (bicyclic) bond motifs is 1. The molecule has 0 radical (unpaired) electrons. The Morgan fingerprint density at radius 2 is 1.94 bits per heavy atom. The van der Waals surface area contributed by atoms with Gasteiger partial charge in [0, 0.05) is 18.8 Å². The molecule has 3 heteroatoms. The van der Waals surface area contributed by atoms with Gasteiger partial charge in [-0.05, 0) is 36.6 Å². The number of nitrogens with one attached hydrogen (secondary N) is 1. The summed E-state index contributed by atoms with van der Waals surface area (Å²) in [5.41, 5.74) is 3.45. The molecule has 0 atom stereocenters. The van der Waals surface area contributed by atoms with E-state index in [1.807, 2.05) is 36.7 Å². The van der Waals surface area contributed by atoms with Crippen LogP contribution in [0.3, 0.4) is 0 Å². The number of hydrogen-bond donors (Lipinski definition) is 1. The maximum absolute atomic E-state index is 4.57. The van der Waals surface area contributed by atoms with Crippen molar-refractivity contribution in [3.05, 3.63) is 60.2 Å². The molecule has 18 heavy (non-hydrogen) atoms. The first kappa shape index (κ1) is 11.0. The van der Waals surface area contributed by atoms with Crippen LogP contribution < -0.4 is 0 Å². The minimum absolute atomic E-state index is 0.976. The number of aryl methyl sites for hydroxylation is 2. The Labute approximate surface area is 106 Å². The van der Waals surface area contributed by atoms with Crippen molar-refractivity contribution in [3.8, 4) is 0 Å². The van der Waals surface area contributed by atoms with Gasteiger partial charge in [-0.3, -0.25) is 4.98 Å². The lowest BCUT2D eigenvalue weighted by molar-refractivity contribution is 0.783. The molecule has 3 nitrogen and oxygen atoms in total. The van der Waals surface area contributed by atoms with Gasteiger partial charge in [0.2, 0.25) is 0 Å². The molecule has 0 saturated carbocycles. The molecule has 0 unspecified atom stereocenters. The van der Waals surface area contributed by atoms with Gasteiger partial charge in [-0.1, -0.05) is 18.2 Å². The molecule has 0 saturated heterocycles. The second-order valence-corrected chi connectivity index (χ2v) is 4.42. The van der Waals surface area contributed by atoms with Crippen LogP contribution in [0.5, 0.6) is 0 Å².